The molecule has 3 aromatic carbocycles. The molecule has 0 bridgehead atoms. The van der Waals surface area contributed by atoms with Gasteiger partial charge in [0.15, 0.2) is 5.65 Å². The Morgan fingerprint density at radius 2 is 1.73 bits per heavy atom. The van der Waals surface area contributed by atoms with Crippen LogP contribution in [0.3, 0.4) is 0 Å². The first kappa shape index (κ1) is 34.5. The molecule has 7 rings (SSSR count). The normalized spacial score (nSPS) is 14.7. The lowest BCUT2D eigenvalue weighted by Gasteiger charge is -2.21. The van der Waals surface area contributed by atoms with E-state index in [-0.39, 0.29) is 22.9 Å². The third-order valence-corrected chi connectivity index (χ3v) is 9.59. The van der Waals surface area contributed by atoms with Crippen LogP contribution in [-0.4, -0.2) is 66.5 Å². The summed E-state index contributed by atoms with van der Waals surface area (Å²) < 4.78 is 38.3. The predicted molar refractivity (Wildman–Crippen MR) is 192 cm³/mol. The van der Waals surface area contributed by atoms with Crippen LogP contribution in [-0.2, 0) is 6.54 Å². The summed E-state index contributed by atoms with van der Waals surface area (Å²) in [4.78, 5) is 32.6. The van der Waals surface area contributed by atoms with Crippen LogP contribution in [0.4, 0.5) is 14.5 Å². The van der Waals surface area contributed by atoms with Gasteiger partial charge < -0.3 is 15.0 Å². The predicted octanol–water partition coefficient (Wildman–Crippen LogP) is 7.14. The fraction of sp³-hybridized carbons (Fsp3) is 0.282. The van der Waals surface area contributed by atoms with E-state index in [2.05, 4.69) is 25.7 Å². The number of carbonyl (C=O) groups excluding carboxylic acids is 2. The number of hydrogen-bond acceptors (Lipinski definition) is 7. The second kappa shape index (κ2) is 14.7. The Kier molecular flexibility index (Phi) is 9.75. The van der Waals surface area contributed by atoms with Crippen LogP contribution in [0.25, 0.3) is 28.0 Å². The second-order valence-electron chi connectivity index (χ2n) is 13.1. The fourth-order valence-electron chi connectivity index (χ4n) is 6.75. The SMILES string of the molecule is COc1ccc(-c2ccc(C(=O)N3CCCC(CCn4cc(-c5ccc(NC(=O)c6cnn7c(C)cc(C)nc67)cc5)nn4)CC3)c(F)c2)c(F)c1. The number of carbonyl (C=O) groups is 2. The molecule has 1 aliphatic heterocycles. The molecule has 0 radical (unpaired) electrons. The van der Waals surface area contributed by atoms with Crippen molar-refractivity contribution in [2.75, 3.05) is 25.5 Å². The van der Waals surface area contributed by atoms with Crippen LogP contribution in [0.2, 0.25) is 0 Å². The van der Waals surface area contributed by atoms with Crippen LogP contribution in [0.15, 0.2) is 79.1 Å². The first-order chi connectivity index (χ1) is 25.2. The van der Waals surface area contributed by atoms with Gasteiger partial charge in [-0.3, -0.25) is 14.3 Å². The van der Waals surface area contributed by atoms with Gasteiger partial charge in [-0.15, -0.1) is 5.10 Å². The highest BCUT2D eigenvalue weighted by atomic mass is 19.1. The average Bonchev–Trinajstić information content (AvgIpc) is 3.72. The molecule has 266 valence electrons. The molecule has 1 unspecified atom stereocenters. The summed E-state index contributed by atoms with van der Waals surface area (Å²) in [6.45, 7) is 5.54. The number of anilines is 1. The van der Waals surface area contributed by atoms with E-state index in [4.69, 9.17) is 4.74 Å². The van der Waals surface area contributed by atoms with Crippen molar-refractivity contribution in [3.8, 4) is 28.1 Å². The molecule has 0 aliphatic carbocycles. The number of amides is 2. The van der Waals surface area contributed by atoms with Crippen LogP contribution in [0.5, 0.6) is 5.75 Å². The maximum Gasteiger partial charge on any atom is 0.261 e. The van der Waals surface area contributed by atoms with Crippen molar-refractivity contribution in [1.29, 1.82) is 0 Å². The number of likely N-dealkylation sites (tertiary alicyclic amines) is 1. The zero-order valence-corrected chi connectivity index (χ0v) is 29.1. The van der Waals surface area contributed by atoms with E-state index in [1.54, 1.807) is 21.5 Å². The Balaban J connectivity index is 0.915. The first-order valence-electron chi connectivity index (χ1n) is 17.2. The van der Waals surface area contributed by atoms with E-state index in [9.17, 15) is 14.0 Å². The highest BCUT2D eigenvalue weighted by molar-refractivity contribution is 6.08. The zero-order valence-electron chi connectivity index (χ0n) is 29.1. The average molecular weight is 705 g/mol. The van der Waals surface area contributed by atoms with Gasteiger partial charge in [-0.1, -0.05) is 23.4 Å². The molecule has 1 saturated heterocycles. The van der Waals surface area contributed by atoms with Crippen LogP contribution in [0.1, 0.15) is 57.8 Å². The molecule has 3 aromatic heterocycles. The largest absolute Gasteiger partial charge is 0.497 e. The molecule has 4 heterocycles. The Labute approximate surface area is 299 Å². The molecule has 1 aliphatic rings. The molecule has 11 nitrogen and oxygen atoms in total. The zero-order chi connectivity index (χ0) is 36.4. The number of nitrogens with zero attached hydrogens (tertiary/aromatic N) is 7. The van der Waals surface area contributed by atoms with Crippen molar-refractivity contribution < 1.29 is 23.1 Å². The van der Waals surface area contributed by atoms with Crippen LogP contribution < -0.4 is 10.1 Å². The topological polar surface area (TPSA) is 120 Å². The number of halogens is 2. The number of methoxy groups -OCH3 is 1. The van der Waals surface area contributed by atoms with Gasteiger partial charge in [-0.25, -0.2) is 18.3 Å². The highest BCUT2D eigenvalue weighted by Gasteiger charge is 2.24. The number of aromatic nitrogens is 6. The van der Waals surface area contributed by atoms with Gasteiger partial charge in [0.2, 0.25) is 0 Å². The van der Waals surface area contributed by atoms with Crippen molar-refractivity contribution in [1.82, 2.24) is 34.5 Å². The molecule has 52 heavy (non-hydrogen) atoms. The number of rotatable bonds is 9. The maximum absolute atomic E-state index is 15.2. The van der Waals surface area contributed by atoms with Crippen LogP contribution in [0, 0.1) is 31.4 Å². The van der Waals surface area contributed by atoms with Crippen molar-refractivity contribution in [3.63, 3.8) is 0 Å². The van der Waals surface area contributed by atoms with Crippen molar-refractivity contribution >= 4 is 23.1 Å². The summed E-state index contributed by atoms with van der Waals surface area (Å²) >= 11 is 0. The molecule has 1 fully saturated rings. The summed E-state index contributed by atoms with van der Waals surface area (Å²) in [6, 6.07) is 17.9. The lowest BCUT2D eigenvalue weighted by atomic mass is 9.97. The van der Waals surface area contributed by atoms with Gasteiger partial charge >= 0.3 is 0 Å². The number of hydrogen-bond donors (Lipinski definition) is 1. The third kappa shape index (κ3) is 7.25. The lowest BCUT2D eigenvalue weighted by Crippen LogP contribution is -2.32. The summed E-state index contributed by atoms with van der Waals surface area (Å²) in [5.74, 6) is -1.11. The summed E-state index contributed by atoms with van der Waals surface area (Å²) in [5, 5.41) is 15.9. The monoisotopic (exact) mass is 704 g/mol. The number of aryl methyl sites for hydroxylation is 3. The fourth-order valence-corrected chi connectivity index (χ4v) is 6.75. The number of fused-ring (bicyclic) bond motifs is 1. The Hall–Kier alpha value is -5.98. The molecule has 0 saturated carbocycles. The molecule has 0 spiro atoms. The van der Waals surface area contributed by atoms with Crippen molar-refractivity contribution in [2.24, 2.45) is 5.92 Å². The molecule has 6 aromatic rings. The van der Waals surface area contributed by atoms with Gasteiger partial charge in [0.25, 0.3) is 11.8 Å². The lowest BCUT2D eigenvalue weighted by molar-refractivity contribution is 0.0754. The standard InChI is InChI=1S/C39H38F2N8O3/c1-24-19-25(2)49-37(43-24)33(22-42-49)38(50)44-29-9-6-27(7-10-29)36-23-48(46-45-36)18-15-26-5-4-16-47(17-14-26)39(51)32-12-8-28(20-34(32)40)31-13-11-30(52-3)21-35(31)41/h6-13,19-23,26H,4-5,14-18H2,1-3H3,(H,44,50). The van der Waals surface area contributed by atoms with E-state index >= 15 is 4.39 Å². The van der Waals surface area contributed by atoms with E-state index in [0.717, 1.165) is 48.3 Å². The summed E-state index contributed by atoms with van der Waals surface area (Å²) in [7, 11) is 1.45. The number of benzene rings is 3. The van der Waals surface area contributed by atoms with Crippen molar-refractivity contribution in [3.05, 3.63) is 113 Å². The van der Waals surface area contributed by atoms with Gasteiger partial charge in [0.05, 0.1) is 25.1 Å². The molecule has 1 atom stereocenters. The Morgan fingerprint density at radius 1 is 0.923 bits per heavy atom. The maximum atomic E-state index is 15.2. The van der Waals surface area contributed by atoms with Crippen molar-refractivity contribution in [2.45, 2.75) is 46.1 Å². The number of ether oxygens (including phenoxy) is 1. The quantitative estimate of drug-likeness (QED) is 0.170. The smallest absolute Gasteiger partial charge is 0.261 e. The molecule has 13 heteroatoms. The Morgan fingerprint density at radius 3 is 2.50 bits per heavy atom. The van der Waals surface area contributed by atoms with E-state index in [1.807, 2.05) is 55.1 Å². The Bertz CT molecular complexity index is 2270. The minimum absolute atomic E-state index is 0.0174. The summed E-state index contributed by atoms with van der Waals surface area (Å²) in [5.41, 5.74) is 5.41. The minimum atomic E-state index is -0.675. The van der Waals surface area contributed by atoms with Gasteiger partial charge in [0, 0.05) is 53.9 Å². The highest BCUT2D eigenvalue weighted by Crippen LogP contribution is 2.29. The molecule has 1 N–H and O–H groups in total. The van der Waals surface area contributed by atoms with E-state index < -0.39 is 11.6 Å². The van der Waals surface area contributed by atoms with Gasteiger partial charge in [-0.05, 0) is 93.5 Å². The van der Waals surface area contributed by atoms with E-state index in [0.29, 0.717) is 53.8 Å². The number of nitrogens with one attached hydrogen (secondary N) is 1. The minimum Gasteiger partial charge on any atom is -0.497 e. The van der Waals surface area contributed by atoms with E-state index in [1.165, 1.54) is 37.6 Å². The van der Waals surface area contributed by atoms with Crippen LogP contribution >= 0.6 is 0 Å². The molecular formula is C39H38F2N8O3. The second-order valence-corrected chi connectivity index (χ2v) is 13.1. The summed E-state index contributed by atoms with van der Waals surface area (Å²) in [6.07, 6.45) is 6.84. The van der Waals surface area contributed by atoms with Gasteiger partial charge in [-0.2, -0.15) is 5.10 Å². The third-order valence-electron chi connectivity index (χ3n) is 9.59. The van der Waals surface area contributed by atoms with Gasteiger partial charge in [0.1, 0.15) is 28.6 Å². The molecular weight excluding hydrogens is 666 g/mol. The molecule has 2 amide bonds. The first-order valence-corrected chi connectivity index (χ1v) is 17.2.